The smallest absolute Gasteiger partial charge is 0.405 e. The van der Waals surface area contributed by atoms with Crippen LogP contribution in [0.5, 0.6) is 5.75 Å². The Morgan fingerprint density at radius 3 is 2.50 bits per heavy atom. The van der Waals surface area contributed by atoms with Crippen molar-refractivity contribution < 1.29 is 17.9 Å². The van der Waals surface area contributed by atoms with E-state index in [9.17, 15) is 13.2 Å². The van der Waals surface area contributed by atoms with Gasteiger partial charge in [0.25, 0.3) is 0 Å². The Balaban J connectivity index is 2.40. The van der Waals surface area contributed by atoms with Gasteiger partial charge in [-0.15, -0.1) is 13.2 Å². The molecule has 0 radical (unpaired) electrons. The topological polar surface area (TPSA) is 59.0 Å². The first-order valence-corrected chi connectivity index (χ1v) is 6.43. The van der Waals surface area contributed by atoms with E-state index in [-0.39, 0.29) is 12.2 Å². The quantitative estimate of drug-likeness (QED) is 0.874. The molecule has 0 unspecified atom stereocenters. The first-order chi connectivity index (χ1) is 10.3. The SMILES string of the molecule is Cc1c(N)cc(C#N)cc1Cc1ccccc1OC(F)(F)F. The van der Waals surface area contributed by atoms with E-state index in [4.69, 9.17) is 11.0 Å². The fourth-order valence-electron chi connectivity index (χ4n) is 2.13. The average Bonchev–Trinajstić information content (AvgIpc) is 2.44. The molecule has 0 saturated carbocycles. The summed E-state index contributed by atoms with van der Waals surface area (Å²) in [6.07, 6.45) is -4.56. The number of hydrogen-bond acceptors (Lipinski definition) is 3. The molecule has 2 rings (SSSR count). The lowest BCUT2D eigenvalue weighted by molar-refractivity contribution is -0.274. The van der Waals surface area contributed by atoms with Crippen LogP contribution in [0.4, 0.5) is 18.9 Å². The summed E-state index contributed by atoms with van der Waals surface area (Å²) in [6, 6.07) is 11.1. The van der Waals surface area contributed by atoms with Crippen LogP contribution in [-0.2, 0) is 6.42 Å². The van der Waals surface area contributed by atoms with Gasteiger partial charge < -0.3 is 10.5 Å². The maximum Gasteiger partial charge on any atom is 0.573 e. The van der Waals surface area contributed by atoms with Gasteiger partial charge in [0.15, 0.2) is 0 Å². The molecular formula is C16H13F3N2O. The van der Waals surface area contributed by atoms with E-state index >= 15 is 0 Å². The molecule has 0 saturated heterocycles. The van der Waals surface area contributed by atoms with Crippen molar-refractivity contribution in [3.63, 3.8) is 0 Å². The van der Waals surface area contributed by atoms with Crippen molar-refractivity contribution in [3.8, 4) is 11.8 Å². The summed E-state index contributed by atoms with van der Waals surface area (Å²) >= 11 is 0. The molecule has 0 fully saturated rings. The molecule has 2 aromatic rings. The molecule has 0 spiro atoms. The fraction of sp³-hybridized carbons (Fsp3) is 0.188. The maximum absolute atomic E-state index is 12.4. The maximum atomic E-state index is 12.4. The van der Waals surface area contributed by atoms with Crippen LogP contribution in [0.2, 0.25) is 0 Å². The van der Waals surface area contributed by atoms with Gasteiger partial charge in [-0.3, -0.25) is 0 Å². The summed E-state index contributed by atoms with van der Waals surface area (Å²) < 4.78 is 41.3. The highest BCUT2D eigenvalue weighted by Crippen LogP contribution is 2.29. The number of alkyl halides is 3. The number of benzene rings is 2. The second-order valence-electron chi connectivity index (χ2n) is 4.79. The van der Waals surface area contributed by atoms with Gasteiger partial charge in [0.05, 0.1) is 11.6 Å². The Kier molecular flexibility index (Phi) is 4.27. The first-order valence-electron chi connectivity index (χ1n) is 6.43. The van der Waals surface area contributed by atoms with E-state index in [1.54, 1.807) is 25.1 Å². The number of nitrogen functional groups attached to an aromatic ring is 1. The molecule has 0 amide bonds. The van der Waals surface area contributed by atoms with Crippen LogP contribution >= 0.6 is 0 Å². The van der Waals surface area contributed by atoms with E-state index in [2.05, 4.69) is 4.74 Å². The third-order valence-corrected chi connectivity index (χ3v) is 3.26. The molecule has 0 heterocycles. The number of nitrogens with two attached hydrogens (primary N) is 1. The van der Waals surface area contributed by atoms with Gasteiger partial charge in [-0.05, 0) is 41.8 Å². The molecule has 114 valence electrons. The van der Waals surface area contributed by atoms with E-state index < -0.39 is 6.36 Å². The number of ether oxygens (including phenoxy) is 1. The highest BCUT2D eigenvalue weighted by atomic mass is 19.4. The number of halogens is 3. The zero-order valence-corrected chi connectivity index (χ0v) is 11.7. The molecular weight excluding hydrogens is 293 g/mol. The summed E-state index contributed by atoms with van der Waals surface area (Å²) in [5.41, 5.74) is 8.43. The van der Waals surface area contributed by atoms with Gasteiger partial charge in [-0.1, -0.05) is 18.2 Å². The van der Waals surface area contributed by atoms with Gasteiger partial charge >= 0.3 is 6.36 Å². The minimum Gasteiger partial charge on any atom is -0.405 e. The summed E-state index contributed by atoms with van der Waals surface area (Å²) in [5.74, 6) is -0.254. The first kappa shape index (κ1) is 15.7. The lowest BCUT2D eigenvalue weighted by atomic mass is 9.96. The number of nitriles is 1. The minimum atomic E-state index is -4.75. The zero-order valence-electron chi connectivity index (χ0n) is 11.7. The minimum absolute atomic E-state index is 0.192. The molecule has 0 aliphatic carbocycles. The second-order valence-corrected chi connectivity index (χ2v) is 4.79. The molecule has 2 aromatic carbocycles. The fourth-order valence-corrected chi connectivity index (χ4v) is 2.13. The normalized spacial score (nSPS) is 11.0. The van der Waals surface area contributed by atoms with Crippen molar-refractivity contribution >= 4 is 5.69 Å². The second kappa shape index (κ2) is 5.98. The van der Waals surface area contributed by atoms with Crippen LogP contribution in [0.15, 0.2) is 36.4 Å². The Morgan fingerprint density at radius 1 is 1.18 bits per heavy atom. The molecule has 0 aliphatic heterocycles. The van der Waals surface area contributed by atoms with Crippen LogP contribution in [0.1, 0.15) is 22.3 Å². The van der Waals surface area contributed by atoms with Crippen LogP contribution < -0.4 is 10.5 Å². The van der Waals surface area contributed by atoms with Gasteiger partial charge in [-0.2, -0.15) is 5.26 Å². The Labute approximate surface area is 125 Å². The molecule has 0 atom stereocenters. The summed E-state index contributed by atoms with van der Waals surface area (Å²) in [7, 11) is 0. The number of hydrogen-bond donors (Lipinski definition) is 1. The van der Waals surface area contributed by atoms with Gasteiger partial charge in [0, 0.05) is 12.1 Å². The molecule has 22 heavy (non-hydrogen) atoms. The zero-order chi connectivity index (χ0) is 16.3. The average molecular weight is 306 g/mol. The number of anilines is 1. The lowest BCUT2D eigenvalue weighted by Crippen LogP contribution is -2.18. The predicted octanol–water partition coefficient (Wildman–Crippen LogP) is 3.94. The van der Waals surface area contributed by atoms with Crippen molar-refractivity contribution in [1.29, 1.82) is 5.26 Å². The predicted molar refractivity (Wildman–Crippen MR) is 76.2 cm³/mol. The van der Waals surface area contributed by atoms with Crippen molar-refractivity contribution in [2.45, 2.75) is 19.7 Å². The summed E-state index contributed by atoms with van der Waals surface area (Å²) in [6.45, 7) is 1.76. The molecule has 0 aliphatic rings. The molecule has 0 bridgehead atoms. The third-order valence-electron chi connectivity index (χ3n) is 3.26. The van der Waals surface area contributed by atoms with Gasteiger partial charge in [0.1, 0.15) is 5.75 Å². The van der Waals surface area contributed by atoms with Gasteiger partial charge in [0.2, 0.25) is 0 Å². The number of para-hydroxylation sites is 1. The highest BCUT2D eigenvalue weighted by molar-refractivity contribution is 5.57. The largest absolute Gasteiger partial charge is 0.573 e. The van der Waals surface area contributed by atoms with E-state index in [0.717, 1.165) is 5.56 Å². The van der Waals surface area contributed by atoms with Crippen molar-refractivity contribution in [1.82, 2.24) is 0 Å². The molecule has 6 heteroatoms. The summed E-state index contributed by atoms with van der Waals surface area (Å²) in [5, 5.41) is 8.97. The van der Waals surface area contributed by atoms with Crippen LogP contribution in [0.3, 0.4) is 0 Å². The van der Waals surface area contributed by atoms with Crippen molar-refractivity contribution in [2.24, 2.45) is 0 Å². The third kappa shape index (κ3) is 3.70. The van der Waals surface area contributed by atoms with E-state index in [1.807, 2.05) is 6.07 Å². The Bertz CT molecular complexity index is 733. The molecule has 2 N–H and O–H groups in total. The van der Waals surface area contributed by atoms with Gasteiger partial charge in [-0.25, -0.2) is 0 Å². The van der Waals surface area contributed by atoms with E-state index in [0.29, 0.717) is 22.4 Å². The standard InChI is InChI=1S/C16H13F3N2O/c1-10-13(6-11(9-20)7-14(10)21)8-12-4-2-3-5-15(12)22-16(17,18)19/h2-7H,8,21H2,1H3. The van der Waals surface area contributed by atoms with E-state index in [1.165, 1.54) is 18.2 Å². The lowest BCUT2D eigenvalue weighted by Gasteiger charge is -2.15. The highest BCUT2D eigenvalue weighted by Gasteiger charge is 2.32. The van der Waals surface area contributed by atoms with Crippen LogP contribution in [-0.4, -0.2) is 6.36 Å². The van der Waals surface area contributed by atoms with Crippen LogP contribution in [0, 0.1) is 18.3 Å². The molecule has 0 aromatic heterocycles. The Morgan fingerprint density at radius 2 is 1.86 bits per heavy atom. The van der Waals surface area contributed by atoms with Crippen molar-refractivity contribution in [3.05, 3.63) is 58.7 Å². The number of rotatable bonds is 3. The Hall–Kier alpha value is -2.68. The molecule has 3 nitrogen and oxygen atoms in total. The number of nitrogens with zero attached hydrogens (tertiary/aromatic N) is 1. The monoisotopic (exact) mass is 306 g/mol. The van der Waals surface area contributed by atoms with Crippen LogP contribution in [0.25, 0.3) is 0 Å². The van der Waals surface area contributed by atoms with Crippen molar-refractivity contribution in [2.75, 3.05) is 5.73 Å². The summed E-state index contributed by atoms with van der Waals surface area (Å²) in [4.78, 5) is 0.